The van der Waals surface area contributed by atoms with Gasteiger partial charge in [-0.3, -0.25) is 9.67 Å². The van der Waals surface area contributed by atoms with Gasteiger partial charge in [0, 0.05) is 37.3 Å². The van der Waals surface area contributed by atoms with Crippen LogP contribution in [0.1, 0.15) is 0 Å². The first-order chi connectivity index (χ1) is 11.9. The molecule has 0 atom stereocenters. The van der Waals surface area contributed by atoms with Crippen LogP contribution in [0.5, 0.6) is 0 Å². The summed E-state index contributed by atoms with van der Waals surface area (Å²) in [5.74, 6) is 0.759. The van der Waals surface area contributed by atoms with E-state index in [2.05, 4.69) is 36.4 Å². The highest BCUT2D eigenvalue weighted by atomic mass is 15.3. The summed E-state index contributed by atoms with van der Waals surface area (Å²) >= 11 is 0. The molecule has 1 aliphatic heterocycles. The number of benzene rings is 1. The number of nitrogens with one attached hydrogen (secondary N) is 2. The van der Waals surface area contributed by atoms with E-state index in [9.17, 15) is 0 Å². The normalized spacial score (nSPS) is 15.4. The third kappa shape index (κ3) is 2.11. The molecule has 5 rings (SSSR count). The lowest BCUT2D eigenvalue weighted by atomic mass is 10.2. The minimum Gasteiger partial charge on any atom is -0.338 e. The summed E-state index contributed by atoms with van der Waals surface area (Å²) in [5, 5.41) is 11.4. The topological polar surface area (TPSA) is 87.5 Å². The molecule has 0 aliphatic carbocycles. The molecule has 0 saturated carbocycles. The Kier molecular flexibility index (Phi) is 2.95. The van der Waals surface area contributed by atoms with Crippen molar-refractivity contribution in [2.75, 3.05) is 31.1 Å². The summed E-state index contributed by atoms with van der Waals surface area (Å²) in [4.78, 5) is 15.9. The van der Waals surface area contributed by atoms with Gasteiger partial charge in [0.05, 0.1) is 17.9 Å². The van der Waals surface area contributed by atoms with Gasteiger partial charge in [-0.2, -0.15) is 10.1 Å². The summed E-state index contributed by atoms with van der Waals surface area (Å²) < 4.78 is 2.00. The molecule has 1 aliphatic rings. The summed E-state index contributed by atoms with van der Waals surface area (Å²) in [5.41, 5.74) is 3.64. The maximum atomic E-state index is 4.77. The number of piperazine rings is 1. The maximum Gasteiger partial charge on any atom is 0.227 e. The minimum atomic E-state index is 0.759. The molecule has 0 unspecified atom stereocenters. The first-order valence-corrected chi connectivity index (χ1v) is 7.98. The van der Waals surface area contributed by atoms with Gasteiger partial charge in [0.2, 0.25) is 5.95 Å². The van der Waals surface area contributed by atoms with Gasteiger partial charge in [0.1, 0.15) is 11.8 Å². The highest BCUT2D eigenvalue weighted by Crippen LogP contribution is 2.21. The van der Waals surface area contributed by atoms with Crippen LogP contribution in [0.15, 0.2) is 36.9 Å². The molecule has 0 bridgehead atoms. The Morgan fingerprint density at radius 2 is 1.96 bits per heavy atom. The van der Waals surface area contributed by atoms with Crippen molar-refractivity contribution in [1.29, 1.82) is 0 Å². The summed E-state index contributed by atoms with van der Waals surface area (Å²) in [6, 6.07) is 6.13. The standard InChI is InChI=1S/C16H16N8/c1-2-13-11(8-20-22-13)7-12(1)24-10-19-14-9-18-16(21-15(14)24)23-5-3-17-4-6-23/h1-2,7-10,17H,3-6H2,(H,20,22). The highest BCUT2D eigenvalue weighted by molar-refractivity contribution is 5.81. The fraction of sp³-hybridized carbons (Fsp3) is 0.250. The average Bonchev–Trinajstić information content (AvgIpc) is 3.27. The van der Waals surface area contributed by atoms with E-state index in [0.717, 1.165) is 59.9 Å². The molecule has 24 heavy (non-hydrogen) atoms. The molecule has 4 heterocycles. The number of aromatic amines is 1. The van der Waals surface area contributed by atoms with Crippen molar-refractivity contribution in [2.45, 2.75) is 0 Å². The summed E-state index contributed by atoms with van der Waals surface area (Å²) in [7, 11) is 0. The van der Waals surface area contributed by atoms with E-state index in [4.69, 9.17) is 4.98 Å². The summed E-state index contributed by atoms with van der Waals surface area (Å²) in [6.07, 6.45) is 5.41. The van der Waals surface area contributed by atoms with Crippen LogP contribution in [0.3, 0.4) is 0 Å². The van der Waals surface area contributed by atoms with Gasteiger partial charge < -0.3 is 10.2 Å². The third-order valence-electron chi connectivity index (χ3n) is 4.38. The van der Waals surface area contributed by atoms with Crippen molar-refractivity contribution in [2.24, 2.45) is 0 Å². The number of anilines is 1. The predicted octanol–water partition coefficient (Wildman–Crippen LogP) is 1.10. The zero-order valence-electron chi connectivity index (χ0n) is 13.0. The van der Waals surface area contributed by atoms with Crippen molar-refractivity contribution in [3.63, 3.8) is 0 Å². The van der Waals surface area contributed by atoms with E-state index in [1.54, 1.807) is 12.5 Å². The Hall–Kier alpha value is -3.00. The lowest BCUT2D eigenvalue weighted by Gasteiger charge is -2.27. The Bertz CT molecular complexity index is 1010. The Morgan fingerprint density at radius 3 is 2.88 bits per heavy atom. The van der Waals surface area contributed by atoms with Crippen LogP contribution < -0.4 is 10.2 Å². The summed E-state index contributed by atoms with van der Waals surface area (Å²) in [6.45, 7) is 3.75. The second kappa shape index (κ2) is 5.27. The van der Waals surface area contributed by atoms with Crippen molar-refractivity contribution >= 4 is 28.0 Å². The van der Waals surface area contributed by atoms with Gasteiger partial charge in [-0.15, -0.1) is 0 Å². The SMILES string of the molecule is c1cc2[nH]ncc2cc1-n1cnc2cnc(N3CCNCC3)nc21. The second-order valence-electron chi connectivity index (χ2n) is 5.87. The molecule has 0 spiro atoms. The van der Waals surface area contributed by atoms with Crippen LogP contribution in [0.25, 0.3) is 27.8 Å². The van der Waals surface area contributed by atoms with Crippen LogP contribution in [-0.4, -0.2) is 55.9 Å². The lowest BCUT2D eigenvalue weighted by Crippen LogP contribution is -2.44. The van der Waals surface area contributed by atoms with Crippen molar-refractivity contribution in [1.82, 2.24) is 35.0 Å². The molecule has 4 aromatic rings. The van der Waals surface area contributed by atoms with Gasteiger partial charge in [0.25, 0.3) is 0 Å². The monoisotopic (exact) mass is 320 g/mol. The van der Waals surface area contributed by atoms with Gasteiger partial charge in [0.15, 0.2) is 5.65 Å². The van der Waals surface area contributed by atoms with Crippen LogP contribution in [0, 0.1) is 0 Å². The quantitative estimate of drug-likeness (QED) is 0.575. The van der Waals surface area contributed by atoms with Crippen LogP contribution in [0.2, 0.25) is 0 Å². The Balaban J connectivity index is 1.62. The zero-order valence-corrected chi connectivity index (χ0v) is 13.0. The van der Waals surface area contributed by atoms with Crippen molar-refractivity contribution in [3.05, 3.63) is 36.9 Å². The van der Waals surface area contributed by atoms with E-state index in [1.807, 2.05) is 22.9 Å². The third-order valence-corrected chi connectivity index (χ3v) is 4.38. The van der Waals surface area contributed by atoms with Crippen LogP contribution >= 0.6 is 0 Å². The number of fused-ring (bicyclic) bond motifs is 2. The van der Waals surface area contributed by atoms with E-state index >= 15 is 0 Å². The molecule has 1 saturated heterocycles. The van der Waals surface area contributed by atoms with Gasteiger partial charge in [-0.05, 0) is 18.2 Å². The lowest BCUT2D eigenvalue weighted by molar-refractivity contribution is 0.580. The predicted molar refractivity (Wildman–Crippen MR) is 91.4 cm³/mol. The zero-order chi connectivity index (χ0) is 15.9. The molecule has 1 fully saturated rings. The van der Waals surface area contributed by atoms with Crippen LogP contribution in [0.4, 0.5) is 5.95 Å². The molecule has 0 radical (unpaired) electrons. The Labute approximate surface area is 137 Å². The fourth-order valence-corrected chi connectivity index (χ4v) is 3.09. The fourth-order valence-electron chi connectivity index (χ4n) is 3.09. The maximum absolute atomic E-state index is 4.77. The molecule has 2 N–H and O–H groups in total. The average molecular weight is 320 g/mol. The van der Waals surface area contributed by atoms with Gasteiger partial charge in [-0.25, -0.2) is 9.97 Å². The molecule has 3 aromatic heterocycles. The number of hydrogen-bond donors (Lipinski definition) is 2. The minimum absolute atomic E-state index is 0.759. The second-order valence-corrected chi connectivity index (χ2v) is 5.87. The number of hydrogen-bond acceptors (Lipinski definition) is 6. The van der Waals surface area contributed by atoms with Crippen molar-refractivity contribution < 1.29 is 0 Å². The Morgan fingerprint density at radius 1 is 1.04 bits per heavy atom. The number of rotatable bonds is 2. The number of H-pyrrole nitrogens is 1. The first kappa shape index (κ1) is 13.4. The van der Waals surface area contributed by atoms with Crippen LogP contribution in [-0.2, 0) is 0 Å². The largest absolute Gasteiger partial charge is 0.338 e. The molecule has 8 nitrogen and oxygen atoms in total. The molecule has 1 aromatic carbocycles. The first-order valence-electron chi connectivity index (χ1n) is 7.98. The van der Waals surface area contributed by atoms with Gasteiger partial charge >= 0.3 is 0 Å². The van der Waals surface area contributed by atoms with E-state index in [1.165, 1.54) is 0 Å². The highest BCUT2D eigenvalue weighted by Gasteiger charge is 2.15. The molecule has 120 valence electrons. The molecular weight excluding hydrogens is 304 g/mol. The number of imidazole rings is 1. The van der Waals surface area contributed by atoms with E-state index in [-0.39, 0.29) is 0 Å². The van der Waals surface area contributed by atoms with E-state index in [0.29, 0.717) is 0 Å². The number of aromatic nitrogens is 6. The number of nitrogens with zero attached hydrogens (tertiary/aromatic N) is 6. The van der Waals surface area contributed by atoms with Gasteiger partial charge in [-0.1, -0.05) is 0 Å². The van der Waals surface area contributed by atoms with E-state index < -0.39 is 0 Å². The molecular formula is C16H16N8. The molecule has 8 heteroatoms. The molecule has 0 amide bonds. The van der Waals surface area contributed by atoms with Crippen molar-refractivity contribution in [3.8, 4) is 5.69 Å². The smallest absolute Gasteiger partial charge is 0.227 e.